The molecular weight excluding hydrogens is 302 g/mol. The molecule has 0 radical (unpaired) electrons. The molecule has 0 spiro atoms. The summed E-state index contributed by atoms with van der Waals surface area (Å²) in [6.45, 7) is 4.17. The number of carboxylic acid groups (broad SMARTS) is 1. The van der Waals surface area contributed by atoms with Gasteiger partial charge in [-0.25, -0.2) is 9.97 Å². The summed E-state index contributed by atoms with van der Waals surface area (Å²) in [4.78, 5) is 22.6. The molecule has 1 unspecified atom stereocenters. The Kier molecular flexibility index (Phi) is 5.32. The van der Waals surface area contributed by atoms with E-state index in [9.17, 15) is 4.79 Å². The molecule has 1 atom stereocenters. The molecule has 1 N–H and O–H groups in total. The third kappa shape index (κ3) is 3.54. The van der Waals surface area contributed by atoms with Crippen LogP contribution in [0.5, 0.6) is 0 Å². The van der Waals surface area contributed by atoms with Crippen LogP contribution >= 0.6 is 12.4 Å². The van der Waals surface area contributed by atoms with Gasteiger partial charge in [-0.05, 0) is 38.4 Å². The quantitative estimate of drug-likeness (QED) is 0.941. The lowest BCUT2D eigenvalue weighted by Gasteiger charge is -2.30. The third-order valence-corrected chi connectivity index (χ3v) is 4.07. The maximum absolute atomic E-state index is 11.1. The number of carbonyl (C=O) groups is 1. The molecule has 1 saturated heterocycles. The summed E-state index contributed by atoms with van der Waals surface area (Å²) < 4.78 is 0. The van der Waals surface area contributed by atoms with Crippen LogP contribution in [0.1, 0.15) is 24.2 Å². The van der Waals surface area contributed by atoms with Crippen LogP contribution in [-0.4, -0.2) is 39.0 Å². The average molecular weight is 322 g/mol. The monoisotopic (exact) mass is 321 g/mol. The van der Waals surface area contributed by atoms with Crippen LogP contribution < -0.4 is 0 Å². The number of fused-ring (bicyclic) bond motifs is 1. The Bertz CT molecular complexity index is 677. The van der Waals surface area contributed by atoms with Gasteiger partial charge in [-0.1, -0.05) is 12.1 Å². The Morgan fingerprint density at radius 2 is 2.00 bits per heavy atom. The summed E-state index contributed by atoms with van der Waals surface area (Å²) in [5.74, 6) is -0.950. The van der Waals surface area contributed by atoms with Crippen molar-refractivity contribution in [3.63, 3.8) is 0 Å². The lowest BCUT2D eigenvalue weighted by atomic mass is 9.98. The summed E-state index contributed by atoms with van der Waals surface area (Å²) in [6.07, 6.45) is 1.70. The number of aromatic nitrogens is 2. The Labute approximate surface area is 135 Å². The number of nitrogens with zero attached hydrogens (tertiary/aromatic N) is 3. The maximum Gasteiger partial charge on any atom is 0.307 e. The number of piperidine rings is 1. The van der Waals surface area contributed by atoms with E-state index in [1.54, 1.807) is 0 Å². The molecule has 6 heteroatoms. The van der Waals surface area contributed by atoms with Gasteiger partial charge in [0.25, 0.3) is 0 Å². The van der Waals surface area contributed by atoms with Crippen LogP contribution in [0.4, 0.5) is 0 Å². The molecule has 3 rings (SSSR count). The molecule has 2 heterocycles. The lowest BCUT2D eigenvalue weighted by Crippen LogP contribution is -2.38. The van der Waals surface area contributed by atoms with E-state index in [4.69, 9.17) is 5.11 Å². The minimum absolute atomic E-state index is 0. The minimum atomic E-state index is -0.694. The van der Waals surface area contributed by atoms with Gasteiger partial charge >= 0.3 is 5.97 Å². The number of hydrogen-bond acceptors (Lipinski definition) is 4. The highest BCUT2D eigenvalue weighted by Crippen LogP contribution is 2.20. The standard InChI is InChI=1S/C16H19N3O2.ClH/c1-11-15(18-14-7-3-2-6-13(14)17-11)10-19-8-4-5-12(9-19)16(20)21;/h2-3,6-7,12H,4-5,8-10H2,1H3,(H,20,21);1H. The number of hydrogen-bond donors (Lipinski definition) is 1. The van der Waals surface area contributed by atoms with Crippen molar-refractivity contribution in [2.45, 2.75) is 26.3 Å². The summed E-state index contributed by atoms with van der Waals surface area (Å²) in [7, 11) is 0. The zero-order valence-corrected chi connectivity index (χ0v) is 13.3. The molecule has 118 valence electrons. The minimum Gasteiger partial charge on any atom is -0.481 e. The van der Waals surface area contributed by atoms with Gasteiger partial charge < -0.3 is 5.11 Å². The largest absolute Gasteiger partial charge is 0.481 e. The van der Waals surface area contributed by atoms with E-state index < -0.39 is 5.97 Å². The van der Waals surface area contributed by atoms with Crippen molar-refractivity contribution in [2.24, 2.45) is 5.92 Å². The normalized spacial score (nSPS) is 18.9. The van der Waals surface area contributed by atoms with E-state index >= 15 is 0 Å². The molecule has 1 fully saturated rings. The van der Waals surface area contributed by atoms with Crippen LogP contribution in [-0.2, 0) is 11.3 Å². The summed E-state index contributed by atoms with van der Waals surface area (Å²) in [5, 5.41) is 9.16. The number of aryl methyl sites for hydroxylation is 1. The van der Waals surface area contributed by atoms with Crippen LogP contribution in [0, 0.1) is 12.8 Å². The number of halogens is 1. The van der Waals surface area contributed by atoms with Crippen LogP contribution in [0.2, 0.25) is 0 Å². The van der Waals surface area contributed by atoms with Crippen molar-refractivity contribution in [2.75, 3.05) is 13.1 Å². The zero-order chi connectivity index (χ0) is 14.8. The number of para-hydroxylation sites is 2. The Morgan fingerprint density at radius 1 is 1.32 bits per heavy atom. The van der Waals surface area contributed by atoms with Gasteiger partial charge in [-0.3, -0.25) is 9.69 Å². The first-order valence-corrected chi connectivity index (χ1v) is 7.31. The van der Waals surface area contributed by atoms with Crippen molar-refractivity contribution < 1.29 is 9.90 Å². The Hall–Kier alpha value is -1.72. The molecule has 1 aromatic carbocycles. The van der Waals surface area contributed by atoms with Crippen LogP contribution in [0.25, 0.3) is 11.0 Å². The first-order valence-electron chi connectivity index (χ1n) is 7.31. The van der Waals surface area contributed by atoms with E-state index in [2.05, 4.69) is 14.9 Å². The maximum atomic E-state index is 11.1. The zero-order valence-electron chi connectivity index (χ0n) is 12.5. The van der Waals surface area contributed by atoms with Crippen LogP contribution in [0.3, 0.4) is 0 Å². The molecule has 22 heavy (non-hydrogen) atoms. The summed E-state index contributed by atoms with van der Waals surface area (Å²) >= 11 is 0. The van der Waals surface area contributed by atoms with Gasteiger partial charge in [0.2, 0.25) is 0 Å². The van der Waals surface area contributed by atoms with Crippen molar-refractivity contribution in [3.8, 4) is 0 Å². The van der Waals surface area contributed by atoms with Crippen LogP contribution in [0.15, 0.2) is 24.3 Å². The predicted molar refractivity (Wildman–Crippen MR) is 87.2 cm³/mol. The molecule has 5 nitrogen and oxygen atoms in total. The smallest absolute Gasteiger partial charge is 0.307 e. The highest BCUT2D eigenvalue weighted by atomic mass is 35.5. The molecule has 1 aliphatic rings. The fourth-order valence-electron chi connectivity index (χ4n) is 2.89. The van der Waals surface area contributed by atoms with Gasteiger partial charge in [0, 0.05) is 13.1 Å². The van der Waals surface area contributed by atoms with E-state index in [1.165, 1.54) is 0 Å². The second-order valence-corrected chi connectivity index (χ2v) is 5.66. The molecule has 0 bridgehead atoms. The predicted octanol–water partition coefficient (Wildman–Crippen LogP) is 2.66. The van der Waals surface area contributed by atoms with Gasteiger partial charge in [0.15, 0.2) is 0 Å². The second-order valence-electron chi connectivity index (χ2n) is 5.66. The third-order valence-electron chi connectivity index (χ3n) is 4.07. The number of rotatable bonds is 3. The number of aliphatic carboxylic acids is 1. The summed E-state index contributed by atoms with van der Waals surface area (Å²) in [5.41, 5.74) is 3.66. The Morgan fingerprint density at radius 3 is 2.68 bits per heavy atom. The first kappa shape index (κ1) is 16.6. The van der Waals surface area contributed by atoms with E-state index in [1.807, 2.05) is 31.2 Å². The van der Waals surface area contributed by atoms with Gasteiger partial charge in [0.1, 0.15) is 0 Å². The van der Waals surface area contributed by atoms with Crippen molar-refractivity contribution in [1.29, 1.82) is 0 Å². The molecular formula is C16H20ClN3O2. The topological polar surface area (TPSA) is 66.3 Å². The fourth-order valence-corrected chi connectivity index (χ4v) is 2.89. The Balaban J connectivity index is 0.00000176. The molecule has 1 aromatic heterocycles. The molecule has 0 aliphatic carbocycles. The first-order chi connectivity index (χ1) is 10.1. The van der Waals surface area contributed by atoms with Crippen molar-refractivity contribution in [3.05, 3.63) is 35.7 Å². The second kappa shape index (κ2) is 7.03. The van der Waals surface area contributed by atoms with Gasteiger partial charge in [-0.2, -0.15) is 0 Å². The van der Waals surface area contributed by atoms with Crippen molar-refractivity contribution >= 4 is 29.4 Å². The highest BCUT2D eigenvalue weighted by Gasteiger charge is 2.25. The molecule has 0 amide bonds. The van der Waals surface area contributed by atoms with Gasteiger partial charge in [0.05, 0.1) is 28.3 Å². The SMILES string of the molecule is Cc1nc2ccccc2nc1CN1CCCC(C(=O)O)C1.Cl. The molecule has 1 aliphatic heterocycles. The summed E-state index contributed by atoms with van der Waals surface area (Å²) in [6, 6.07) is 7.83. The number of carboxylic acids is 1. The number of benzene rings is 1. The van der Waals surface area contributed by atoms with E-state index in [0.29, 0.717) is 13.1 Å². The lowest BCUT2D eigenvalue weighted by molar-refractivity contribution is -0.143. The fraction of sp³-hybridized carbons (Fsp3) is 0.438. The van der Waals surface area contributed by atoms with E-state index in [0.717, 1.165) is 41.8 Å². The van der Waals surface area contributed by atoms with Crippen molar-refractivity contribution in [1.82, 2.24) is 14.9 Å². The average Bonchev–Trinajstić information content (AvgIpc) is 2.48. The number of likely N-dealkylation sites (tertiary alicyclic amines) is 1. The molecule has 2 aromatic rings. The van der Waals surface area contributed by atoms with Gasteiger partial charge in [-0.15, -0.1) is 12.4 Å². The highest BCUT2D eigenvalue weighted by molar-refractivity contribution is 5.85. The molecule has 0 saturated carbocycles. The van der Waals surface area contributed by atoms with E-state index in [-0.39, 0.29) is 18.3 Å².